The van der Waals surface area contributed by atoms with Crippen molar-refractivity contribution in [2.24, 2.45) is 0 Å². The molecule has 2 aliphatic heterocycles. The molecule has 0 spiro atoms. The largest absolute Gasteiger partial charge is 0.461 e. The van der Waals surface area contributed by atoms with Crippen LogP contribution in [-0.2, 0) is 35.2 Å². The number of β-lactam (4-membered cyclic amide) rings is 1. The van der Waals surface area contributed by atoms with Gasteiger partial charge in [-0.3, -0.25) is 14.5 Å². The molecular weight excluding hydrogens is 429 g/mol. The number of halogens is 2. The van der Waals surface area contributed by atoms with Crippen molar-refractivity contribution in [2.75, 3.05) is 19.5 Å². The second-order valence-electron chi connectivity index (χ2n) is 6.12. The number of hydrogen-bond acceptors (Lipinski definition) is 7. The summed E-state index contributed by atoms with van der Waals surface area (Å²) in [5.41, 5.74) is 1.26. The first-order chi connectivity index (χ1) is 13.3. The standard InChI is InChI=1S/C18H17Cl2NO6S/c1-9(22)26-7-11-8-28-17-15(25-2)16(23)21(17)14(11)18(24)27-6-10-3-4-12(19)13(20)5-10/h3-5,15,17H,6-8H2,1-2H3. The van der Waals surface area contributed by atoms with Crippen LogP contribution < -0.4 is 0 Å². The van der Waals surface area contributed by atoms with Gasteiger partial charge < -0.3 is 14.2 Å². The van der Waals surface area contributed by atoms with Crippen molar-refractivity contribution >= 4 is 52.8 Å². The van der Waals surface area contributed by atoms with E-state index in [1.165, 1.54) is 30.7 Å². The number of hydrogen-bond donors (Lipinski definition) is 0. The number of benzene rings is 1. The quantitative estimate of drug-likeness (QED) is 0.491. The maximum absolute atomic E-state index is 12.8. The van der Waals surface area contributed by atoms with Gasteiger partial charge in [-0.2, -0.15) is 0 Å². The number of ether oxygens (including phenoxy) is 3. The first kappa shape index (κ1) is 21.0. The molecule has 1 aromatic carbocycles. The minimum Gasteiger partial charge on any atom is -0.461 e. The Labute approximate surface area is 175 Å². The molecule has 2 heterocycles. The summed E-state index contributed by atoms with van der Waals surface area (Å²) in [6.45, 7) is 1.14. The molecule has 2 aliphatic rings. The van der Waals surface area contributed by atoms with Gasteiger partial charge in [0.1, 0.15) is 24.3 Å². The van der Waals surface area contributed by atoms with Crippen molar-refractivity contribution in [1.82, 2.24) is 4.90 Å². The van der Waals surface area contributed by atoms with Crippen LogP contribution in [0.25, 0.3) is 0 Å². The monoisotopic (exact) mass is 445 g/mol. The van der Waals surface area contributed by atoms with Crippen LogP contribution in [0.4, 0.5) is 0 Å². The molecule has 0 saturated carbocycles. The van der Waals surface area contributed by atoms with Gasteiger partial charge >= 0.3 is 11.9 Å². The van der Waals surface area contributed by atoms with Crippen molar-refractivity contribution in [3.8, 4) is 0 Å². The van der Waals surface area contributed by atoms with Gasteiger partial charge in [-0.05, 0) is 17.7 Å². The van der Waals surface area contributed by atoms with E-state index in [0.717, 1.165) is 0 Å². The molecule has 0 aromatic heterocycles. The first-order valence-electron chi connectivity index (χ1n) is 8.27. The van der Waals surface area contributed by atoms with Gasteiger partial charge in [0.15, 0.2) is 6.10 Å². The van der Waals surface area contributed by atoms with Crippen LogP contribution in [0.15, 0.2) is 29.5 Å². The van der Waals surface area contributed by atoms with Crippen LogP contribution in [0.5, 0.6) is 0 Å². The maximum atomic E-state index is 12.8. The number of rotatable bonds is 6. The minimum absolute atomic E-state index is 0.0480. The summed E-state index contributed by atoms with van der Waals surface area (Å²) in [6.07, 6.45) is -0.613. The molecule has 1 fully saturated rings. The highest BCUT2D eigenvalue weighted by molar-refractivity contribution is 8.00. The van der Waals surface area contributed by atoms with Gasteiger partial charge in [0.25, 0.3) is 5.91 Å². The number of thioether (sulfide) groups is 1. The number of carbonyl (C=O) groups excluding carboxylic acids is 3. The smallest absolute Gasteiger partial charge is 0.355 e. The number of methoxy groups -OCH3 is 1. The Morgan fingerprint density at radius 3 is 2.61 bits per heavy atom. The Morgan fingerprint density at radius 2 is 1.96 bits per heavy atom. The zero-order valence-electron chi connectivity index (χ0n) is 15.1. The van der Waals surface area contributed by atoms with Crippen LogP contribution >= 0.6 is 35.0 Å². The van der Waals surface area contributed by atoms with E-state index in [1.807, 2.05) is 0 Å². The van der Waals surface area contributed by atoms with Crippen molar-refractivity contribution in [3.63, 3.8) is 0 Å². The lowest BCUT2D eigenvalue weighted by Crippen LogP contribution is -2.65. The third-order valence-corrected chi connectivity index (χ3v) is 6.30. The molecular formula is C18H17Cl2NO6S. The van der Waals surface area contributed by atoms with Gasteiger partial charge in [-0.1, -0.05) is 29.3 Å². The summed E-state index contributed by atoms with van der Waals surface area (Å²) in [6, 6.07) is 4.89. The van der Waals surface area contributed by atoms with Gasteiger partial charge in [0.05, 0.1) is 10.0 Å². The summed E-state index contributed by atoms with van der Waals surface area (Å²) in [5, 5.41) is 0.429. The zero-order chi connectivity index (χ0) is 20.4. The summed E-state index contributed by atoms with van der Waals surface area (Å²) in [4.78, 5) is 37.7. The molecule has 0 bridgehead atoms. The third kappa shape index (κ3) is 4.15. The van der Waals surface area contributed by atoms with Crippen LogP contribution in [0.3, 0.4) is 0 Å². The summed E-state index contributed by atoms with van der Waals surface area (Å²) >= 11 is 13.3. The minimum atomic E-state index is -0.679. The molecule has 1 aromatic rings. The lowest BCUT2D eigenvalue weighted by Gasteiger charge is -2.48. The fraction of sp³-hybridized carbons (Fsp3) is 0.389. The summed E-state index contributed by atoms with van der Waals surface area (Å²) in [7, 11) is 1.45. The van der Waals surface area contributed by atoms with E-state index in [2.05, 4.69) is 0 Å². The molecule has 0 aliphatic carbocycles. The number of amides is 1. The lowest BCUT2D eigenvalue weighted by molar-refractivity contribution is -0.163. The van der Waals surface area contributed by atoms with E-state index in [1.54, 1.807) is 18.2 Å². The molecule has 1 amide bonds. The van der Waals surface area contributed by atoms with Crippen molar-refractivity contribution < 1.29 is 28.6 Å². The topological polar surface area (TPSA) is 82.1 Å². The Morgan fingerprint density at radius 1 is 1.21 bits per heavy atom. The Hall–Kier alpha value is -1.74. The van der Waals surface area contributed by atoms with Gasteiger partial charge in [-0.25, -0.2) is 4.79 Å². The lowest BCUT2D eigenvalue weighted by atomic mass is 10.1. The average Bonchev–Trinajstić information content (AvgIpc) is 2.66. The first-order valence-corrected chi connectivity index (χ1v) is 10.1. The van der Waals surface area contributed by atoms with Crippen molar-refractivity contribution in [3.05, 3.63) is 45.1 Å². The predicted molar refractivity (Wildman–Crippen MR) is 104 cm³/mol. The highest BCUT2D eigenvalue weighted by atomic mass is 35.5. The molecule has 150 valence electrons. The highest BCUT2D eigenvalue weighted by Crippen LogP contribution is 2.41. The second kappa shape index (κ2) is 8.73. The van der Waals surface area contributed by atoms with Crippen LogP contribution in [0.1, 0.15) is 12.5 Å². The van der Waals surface area contributed by atoms with Gasteiger partial charge in [-0.15, -0.1) is 11.8 Å². The Balaban J connectivity index is 1.80. The number of nitrogens with zero attached hydrogens (tertiary/aromatic N) is 1. The molecule has 2 atom stereocenters. The molecule has 3 rings (SSSR count). The van der Waals surface area contributed by atoms with Crippen molar-refractivity contribution in [2.45, 2.75) is 25.0 Å². The van der Waals surface area contributed by atoms with E-state index in [9.17, 15) is 14.4 Å². The van der Waals surface area contributed by atoms with E-state index in [0.29, 0.717) is 26.9 Å². The van der Waals surface area contributed by atoms with Crippen LogP contribution in [-0.4, -0.2) is 53.7 Å². The van der Waals surface area contributed by atoms with E-state index >= 15 is 0 Å². The fourth-order valence-corrected chi connectivity index (χ4v) is 4.54. The fourth-order valence-electron chi connectivity index (χ4n) is 2.87. The summed E-state index contributed by atoms with van der Waals surface area (Å²) in [5.74, 6) is -1.07. The Kier molecular flexibility index (Phi) is 6.54. The molecule has 1 saturated heterocycles. The SMILES string of the molecule is COC1C(=O)N2C(C(=O)OCc3ccc(Cl)c(Cl)c3)=C(COC(C)=O)CSC12. The van der Waals surface area contributed by atoms with E-state index in [4.69, 9.17) is 37.4 Å². The van der Waals surface area contributed by atoms with E-state index in [-0.39, 0.29) is 30.2 Å². The van der Waals surface area contributed by atoms with Crippen LogP contribution in [0, 0.1) is 0 Å². The molecule has 10 heteroatoms. The van der Waals surface area contributed by atoms with E-state index < -0.39 is 18.0 Å². The Bertz CT molecular complexity index is 858. The molecule has 0 radical (unpaired) electrons. The van der Waals surface area contributed by atoms with Crippen molar-refractivity contribution in [1.29, 1.82) is 0 Å². The number of carbonyl (C=O) groups is 3. The zero-order valence-corrected chi connectivity index (χ0v) is 17.4. The number of esters is 2. The van der Waals surface area contributed by atoms with Gasteiger partial charge in [0, 0.05) is 25.4 Å². The number of fused-ring (bicyclic) bond motifs is 1. The molecule has 28 heavy (non-hydrogen) atoms. The molecule has 0 N–H and O–H groups in total. The molecule has 2 unspecified atom stereocenters. The second-order valence-corrected chi connectivity index (χ2v) is 8.04. The maximum Gasteiger partial charge on any atom is 0.355 e. The average molecular weight is 446 g/mol. The van der Waals surface area contributed by atoms with Gasteiger partial charge in [0.2, 0.25) is 0 Å². The molecule has 7 nitrogen and oxygen atoms in total. The van der Waals surface area contributed by atoms with Crippen LogP contribution in [0.2, 0.25) is 10.0 Å². The highest BCUT2D eigenvalue weighted by Gasteiger charge is 2.54. The summed E-state index contributed by atoms with van der Waals surface area (Å²) < 4.78 is 15.6. The predicted octanol–water partition coefficient (Wildman–Crippen LogP) is 2.78. The third-order valence-electron chi connectivity index (χ3n) is 4.25. The normalized spacial score (nSPS) is 21.1.